The van der Waals surface area contributed by atoms with E-state index in [2.05, 4.69) is 0 Å². The van der Waals surface area contributed by atoms with E-state index in [0.29, 0.717) is 0 Å². The maximum Gasteiger partial charge on any atom is 0.130 e. The van der Waals surface area contributed by atoms with Crippen molar-refractivity contribution >= 4 is 17.4 Å². The molecule has 0 N–H and O–H groups in total. The van der Waals surface area contributed by atoms with Crippen molar-refractivity contribution in [1.82, 2.24) is 0 Å². The SMILES string of the molecule is Cc1cc(C=C(C#N)C#N)c(C)s1. The van der Waals surface area contributed by atoms with Gasteiger partial charge < -0.3 is 0 Å². The fraction of sp³-hybridized carbons (Fsp3) is 0.200. The summed E-state index contributed by atoms with van der Waals surface area (Å²) in [7, 11) is 0. The average Bonchev–Trinajstić information content (AvgIpc) is 2.41. The van der Waals surface area contributed by atoms with Gasteiger partial charge in [-0.3, -0.25) is 0 Å². The third-order valence-corrected chi connectivity index (χ3v) is 2.60. The third kappa shape index (κ3) is 2.18. The van der Waals surface area contributed by atoms with E-state index in [-0.39, 0.29) is 5.57 Å². The van der Waals surface area contributed by atoms with Crippen molar-refractivity contribution < 1.29 is 0 Å². The minimum Gasteiger partial charge on any atom is -0.192 e. The summed E-state index contributed by atoms with van der Waals surface area (Å²) in [5.41, 5.74) is 1.13. The molecule has 0 saturated heterocycles. The van der Waals surface area contributed by atoms with Gasteiger partial charge in [0.15, 0.2) is 0 Å². The van der Waals surface area contributed by atoms with Crippen molar-refractivity contribution in [3.63, 3.8) is 0 Å². The standard InChI is InChI=1S/C10H8N2S/c1-7-3-10(8(2)13-7)4-9(5-11)6-12/h3-4H,1-2H3. The summed E-state index contributed by atoms with van der Waals surface area (Å²) in [6.07, 6.45) is 1.62. The van der Waals surface area contributed by atoms with Crippen LogP contribution in [0.15, 0.2) is 11.6 Å². The molecule has 1 aromatic heterocycles. The zero-order chi connectivity index (χ0) is 9.84. The number of rotatable bonds is 1. The lowest BCUT2D eigenvalue weighted by molar-refractivity contribution is 1.47. The normalized spacial score (nSPS) is 8.62. The van der Waals surface area contributed by atoms with E-state index in [1.54, 1.807) is 17.4 Å². The summed E-state index contributed by atoms with van der Waals surface area (Å²) in [6.45, 7) is 3.99. The smallest absolute Gasteiger partial charge is 0.130 e. The highest BCUT2D eigenvalue weighted by Crippen LogP contribution is 2.22. The summed E-state index contributed by atoms with van der Waals surface area (Å²) < 4.78 is 0. The van der Waals surface area contributed by atoms with Crippen LogP contribution in [0.1, 0.15) is 15.3 Å². The van der Waals surface area contributed by atoms with Gasteiger partial charge in [0, 0.05) is 9.75 Å². The van der Waals surface area contributed by atoms with Crippen LogP contribution in [0.5, 0.6) is 0 Å². The lowest BCUT2D eigenvalue weighted by Gasteiger charge is -1.87. The molecule has 2 nitrogen and oxygen atoms in total. The average molecular weight is 188 g/mol. The van der Waals surface area contributed by atoms with Crippen molar-refractivity contribution in [2.75, 3.05) is 0 Å². The zero-order valence-electron chi connectivity index (χ0n) is 7.46. The molecule has 0 atom stereocenters. The first-order chi connectivity index (χ1) is 6.17. The van der Waals surface area contributed by atoms with E-state index in [0.717, 1.165) is 10.4 Å². The van der Waals surface area contributed by atoms with Crippen molar-refractivity contribution in [2.24, 2.45) is 0 Å². The molecule has 1 aromatic rings. The van der Waals surface area contributed by atoms with Crippen LogP contribution >= 0.6 is 11.3 Å². The Balaban J connectivity index is 3.13. The van der Waals surface area contributed by atoms with Crippen LogP contribution in [0.3, 0.4) is 0 Å². The highest BCUT2D eigenvalue weighted by molar-refractivity contribution is 7.12. The Morgan fingerprint density at radius 1 is 1.38 bits per heavy atom. The fourth-order valence-corrected chi connectivity index (χ4v) is 1.94. The predicted octanol–water partition coefficient (Wildman–Crippen LogP) is 2.80. The van der Waals surface area contributed by atoms with Crippen LogP contribution in [0, 0.1) is 36.5 Å². The van der Waals surface area contributed by atoms with Gasteiger partial charge in [0.1, 0.15) is 17.7 Å². The molecule has 1 heterocycles. The van der Waals surface area contributed by atoms with Crippen LogP contribution < -0.4 is 0 Å². The minimum absolute atomic E-state index is 0.154. The Labute approximate surface area is 81.4 Å². The molecular formula is C10H8N2S. The number of aryl methyl sites for hydroxylation is 2. The van der Waals surface area contributed by atoms with Crippen LogP contribution in [-0.2, 0) is 0 Å². The maximum atomic E-state index is 8.55. The van der Waals surface area contributed by atoms with Crippen molar-refractivity contribution in [2.45, 2.75) is 13.8 Å². The summed E-state index contributed by atoms with van der Waals surface area (Å²) in [6, 6.07) is 5.66. The van der Waals surface area contributed by atoms with E-state index >= 15 is 0 Å². The summed E-state index contributed by atoms with van der Waals surface area (Å²) in [5.74, 6) is 0. The van der Waals surface area contributed by atoms with Gasteiger partial charge in [0.05, 0.1) is 0 Å². The summed E-state index contributed by atoms with van der Waals surface area (Å²) in [5, 5.41) is 17.1. The minimum atomic E-state index is 0.154. The number of nitriles is 2. The molecule has 0 fully saturated rings. The van der Waals surface area contributed by atoms with Gasteiger partial charge in [-0.1, -0.05) is 0 Å². The van der Waals surface area contributed by atoms with E-state index < -0.39 is 0 Å². The quantitative estimate of drug-likeness (QED) is 0.636. The Hall–Kier alpha value is -1.58. The van der Waals surface area contributed by atoms with Gasteiger partial charge in [-0.05, 0) is 31.6 Å². The lowest BCUT2D eigenvalue weighted by Crippen LogP contribution is -1.74. The number of nitrogens with zero attached hydrogens (tertiary/aromatic N) is 2. The molecule has 0 aliphatic rings. The first kappa shape index (κ1) is 9.51. The predicted molar refractivity (Wildman–Crippen MR) is 53.0 cm³/mol. The van der Waals surface area contributed by atoms with Gasteiger partial charge in [-0.15, -0.1) is 11.3 Å². The molecule has 13 heavy (non-hydrogen) atoms. The Kier molecular flexibility index (Phi) is 2.84. The molecule has 0 bridgehead atoms. The van der Waals surface area contributed by atoms with Crippen molar-refractivity contribution in [1.29, 1.82) is 10.5 Å². The van der Waals surface area contributed by atoms with Crippen molar-refractivity contribution in [3.8, 4) is 12.1 Å². The first-order valence-electron chi connectivity index (χ1n) is 3.76. The molecule has 64 valence electrons. The largest absolute Gasteiger partial charge is 0.192 e. The highest BCUT2D eigenvalue weighted by Gasteiger charge is 2.01. The van der Waals surface area contributed by atoms with Gasteiger partial charge in [-0.2, -0.15) is 10.5 Å². The molecule has 0 unspecified atom stereocenters. The first-order valence-corrected chi connectivity index (χ1v) is 4.58. The van der Waals surface area contributed by atoms with Gasteiger partial charge in [0.25, 0.3) is 0 Å². The molecule has 0 aromatic carbocycles. The second-order valence-electron chi connectivity index (χ2n) is 2.65. The van der Waals surface area contributed by atoms with Crippen LogP contribution in [-0.4, -0.2) is 0 Å². The molecule has 0 saturated carbocycles. The topological polar surface area (TPSA) is 47.6 Å². The summed E-state index contributed by atoms with van der Waals surface area (Å²) in [4.78, 5) is 2.33. The van der Waals surface area contributed by atoms with E-state index in [9.17, 15) is 0 Å². The summed E-state index contributed by atoms with van der Waals surface area (Å²) >= 11 is 1.67. The molecule has 0 amide bonds. The van der Waals surface area contributed by atoms with Crippen molar-refractivity contribution in [3.05, 3.63) is 27.0 Å². The Bertz CT molecular complexity index is 411. The highest BCUT2D eigenvalue weighted by atomic mass is 32.1. The monoisotopic (exact) mass is 188 g/mol. The zero-order valence-corrected chi connectivity index (χ0v) is 8.27. The molecular weight excluding hydrogens is 180 g/mol. The number of hydrogen-bond acceptors (Lipinski definition) is 3. The van der Waals surface area contributed by atoms with E-state index in [4.69, 9.17) is 10.5 Å². The van der Waals surface area contributed by atoms with Gasteiger partial charge in [-0.25, -0.2) is 0 Å². The van der Waals surface area contributed by atoms with E-state index in [1.165, 1.54) is 4.88 Å². The molecule has 0 aliphatic heterocycles. The molecule has 1 rings (SSSR count). The lowest BCUT2D eigenvalue weighted by atomic mass is 10.2. The van der Waals surface area contributed by atoms with Gasteiger partial charge >= 0.3 is 0 Å². The van der Waals surface area contributed by atoms with E-state index in [1.807, 2.05) is 32.1 Å². The molecule has 0 spiro atoms. The second-order valence-corrected chi connectivity index (χ2v) is 4.11. The number of allylic oxidation sites excluding steroid dienone is 1. The van der Waals surface area contributed by atoms with Gasteiger partial charge in [0.2, 0.25) is 0 Å². The Morgan fingerprint density at radius 3 is 2.38 bits per heavy atom. The van der Waals surface area contributed by atoms with Crippen LogP contribution in [0.4, 0.5) is 0 Å². The van der Waals surface area contributed by atoms with Crippen LogP contribution in [0.25, 0.3) is 6.08 Å². The fourth-order valence-electron chi connectivity index (χ4n) is 1.04. The maximum absolute atomic E-state index is 8.55. The Morgan fingerprint density at radius 2 is 2.00 bits per heavy atom. The second kappa shape index (κ2) is 3.89. The third-order valence-electron chi connectivity index (χ3n) is 1.62. The number of hydrogen-bond donors (Lipinski definition) is 0. The molecule has 0 radical (unpaired) electrons. The van der Waals surface area contributed by atoms with Crippen LogP contribution in [0.2, 0.25) is 0 Å². The number of thiophene rings is 1. The molecule has 3 heteroatoms. The molecule has 0 aliphatic carbocycles.